The van der Waals surface area contributed by atoms with E-state index in [1.807, 2.05) is 24.6 Å². The molecule has 3 rings (SSSR count). The number of likely N-dealkylation sites (N-methyl/N-ethyl adjacent to an activating group) is 1. The molecule has 1 N–H and O–H groups in total. The second-order valence-corrected chi connectivity index (χ2v) is 6.00. The minimum absolute atomic E-state index is 0.0588. The van der Waals surface area contributed by atoms with Crippen molar-refractivity contribution < 1.29 is 4.79 Å². The van der Waals surface area contributed by atoms with Gasteiger partial charge in [-0.15, -0.1) is 0 Å². The lowest BCUT2D eigenvalue weighted by Crippen LogP contribution is -2.47. The number of likely N-dealkylation sites (tertiary alicyclic amines) is 1. The number of rotatable bonds is 3. The Morgan fingerprint density at radius 3 is 2.83 bits per heavy atom. The monoisotopic (exact) mass is 325 g/mol. The minimum Gasteiger partial charge on any atom is -0.349 e. The lowest BCUT2D eigenvalue weighted by molar-refractivity contribution is -0.135. The molecular formula is C16H19N7O. The zero-order valence-corrected chi connectivity index (χ0v) is 13.9. The Labute approximate surface area is 140 Å². The van der Waals surface area contributed by atoms with Crippen LogP contribution in [0.15, 0.2) is 18.6 Å². The number of imidazole rings is 1. The van der Waals surface area contributed by atoms with Gasteiger partial charge in [-0.2, -0.15) is 5.26 Å². The molecule has 1 fully saturated rings. The average molecular weight is 325 g/mol. The predicted molar refractivity (Wildman–Crippen MR) is 86.8 cm³/mol. The molecule has 1 amide bonds. The van der Waals surface area contributed by atoms with Crippen LogP contribution in [0.1, 0.15) is 36.0 Å². The van der Waals surface area contributed by atoms with E-state index in [-0.39, 0.29) is 18.0 Å². The van der Waals surface area contributed by atoms with Gasteiger partial charge in [-0.1, -0.05) is 0 Å². The number of nitrogens with one attached hydrogen (secondary N) is 1. The fraction of sp³-hybridized carbons (Fsp3) is 0.438. The van der Waals surface area contributed by atoms with Crippen LogP contribution < -0.4 is 5.32 Å². The summed E-state index contributed by atoms with van der Waals surface area (Å²) < 4.78 is 1.91. The van der Waals surface area contributed by atoms with Crippen molar-refractivity contribution >= 4 is 11.9 Å². The molecule has 2 atom stereocenters. The first-order valence-electron chi connectivity index (χ1n) is 7.74. The first-order valence-corrected chi connectivity index (χ1v) is 7.74. The Morgan fingerprint density at radius 2 is 2.17 bits per heavy atom. The van der Waals surface area contributed by atoms with Crippen molar-refractivity contribution in [3.05, 3.63) is 35.7 Å². The molecule has 24 heavy (non-hydrogen) atoms. The van der Waals surface area contributed by atoms with Crippen molar-refractivity contribution in [1.82, 2.24) is 24.4 Å². The SMILES string of the molecule is Cc1cc(C#N)nc(N[C@@H]2CCC(=O)N(C)[C@H]2c2cncn2C)n1. The van der Waals surface area contributed by atoms with Crippen molar-refractivity contribution in [2.24, 2.45) is 7.05 Å². The van der Waals surface area contributed by atoms with Crippen LogP contribution in [-0.2, 0) is 11.8 Å². The number of hydrogen-bond donors (Lipinski definition) is 1. The second-order valence-electron chi connectivity index (χ2n) is 6.00. The van der Waals surface area contributed by atoms with Crippen molar-refractivity contribution in [1.29, 1.82) is 5.26 Å². The van der Waals surface area contributed by atoms with Gasteiger partial charge in [0.1, 0.15) is 11.8 Å². The topological polar surface area (TPSA) is 99.7 Å². The Kier molecular flexibility index (Phi) is 4.16. The highest BCUT2D eigenvalue weighted by molar-refractivity contribution is 5.77. The second kappa shape index (κ2) is 6.28. The van der Waals surface area contributed by atoms with E-state index >= 15 is 0 Å². The molecule has 1 aliphatic rings. The third kappa shape index (κ3) is 2.93. The van der Waals surface area contributed by atoms with E-state index in [9.17, 15) is 4.79 Å². The molecule has 3 heterocycles. The molecule has 1 aliphatic heterocycles. The Bertz CT molecular complexity index is 807. The first-order chi connectivity index (χ1) is 11.5. The third-order valence-corrected chi connectivity index (χ3v) is 4.30. The Morgan fingerprint density at radius 1 is 1.38 bits per heavy atom. The average Bonchev–Trinajstić information content (AvgIpc) is 2.96. The van der Waals surface area contributed by atoms with E-state index in [0.29, 0.717) is 24.5 Å². The van der Waals surface area contributed by atoms with Crippen molar-refractivity contribution in [3.8, 4) is 6.07 Å². The van der Waals surface area contributed by atoms with Gasteiger partial charge in [0.15, 0.2) is 0 Å². The molecule has 0 aliphatic carbocycles. The number of nitriles is 1. The predicted octanol–water partition coefficient (Wildman–Crippen LogP) is 1.16. The smallest absolute Gasteiger partial charge is 0.224 e. The molecule has 8 heteroatoms. The Hall–Kier alpha value is -2.95. The van der Waals surface area contributed by atoms with Gasteiger partial charge < -0.3 is 14.8 Å². The fourth-order valence-electron chi connectivity index (χ4n) is 3.10. The summed E-state index contributed by atoms with van der Waals surface area (Å²) in [6, 6.07) is 3.45. The standard InChI is InChI=1S/C16H19N7O/c1-10-6-11(7-17)20-16(19-10)21-12-4-5-14(24)23(3)15(12)13-8-18-9-22(13)2/h6,8-9,12,15H,4-5H2,1-3H3,(H,19,20,21)/t12-,15-/m1/s1. The van der Waals surface area contributed by atoms with E-state index in [2.05, 4.69) is 20.3 Å². The van der Waals surface area contributed by atoms with Crippen LogP contribution in [0.25, 0.3) is 0 Å². The molecule has 0 radical (unpaired) electrons. The Balaban J connectivity index is 1.93. The number of anilines is 1. The van der Waals surface area contributed by atoms with Crippen LogP contribution in [0, 0.1) is 18.3 Å². The minimum atomic E-state index is -0.173. The summed E-state index contributed by atoms with van der Waals surface area (Å²) in [7, 11) is 3.70. The van der Waals surface area contributed by atoms with Crippen LogP contribution in [0.5, 0.6) is 0 Å². The zero-order chi connectivity index (χ0) is 17.3. The number of hydrogen-bond acceptors (Lipinski definition) is 6. The van der Waals surface area contributed by atoms with E-state index in [1.54, 1.807) is 30.5 Å². The largest absolute Gasteiger partial charge is 0.349 e. The summed E-state index contributed by atoms with van der Waals surface area (Å²) >= 11 is 0. The summed E-state index contributed by atoms with van der Waals surface area (Å²) in [6.45, 7) is 1.82. The number of aromatic nitrogens is 4. The van der Waals surface area contributed by atoms with E-state index < -0.39 is 0 Å². The highest BCUT2D eigenvalue weighted by Crippen LogP contribution is 2.32. The number of carbonyl (C=O) groups excluding carboxylic acids is 1. The number of aryl methyl sites for hydroxylation is 2. The van der Waals surface area contributed by atoms with Crippen LogP contribution in [-0.4, -0.2) is 43.4 Å². The highest BCUT2D eigenvalue weighted by atomic mass is 16.2. The number of piperidine rings is 1. The van der Waals surface area contributed by atoms with Gasteiger partial charge in [0.25, 0.3) is 0 Å². The molecular weight excluding hydrogens is 306 g/mol. The molecule has 124 valence electrons. The molecule has 2 aromatic rings. The van der Waals surface area contributed by atoms with Crippen LogP contribution in [0.4, 0.5) is 5.95 Å². The summed E-state index contributed by atoms with van der Waals surface area (Å²) in [5, 5.41) is 12.4. The highest BCUT2D eigenvalue weighted by Gasteiger charge is 2.36. The quantitative estimate of drug-likeness (QED) is 0.909. The summed E-state index contributed by atoms with van der Waals surface area (Å²) in [5.74, 6) is 0.508. The maximum Gasteiger partial charge on any atom is 0.224 e. The van der Waals surface area contributed by atoms with E-state index in [0.717, 1.165) is 11.4 Å². The molecule has 0 bridgehead atoms. The lowest BCUT2D eigenvalue weighted by atomic mass is 9.94. The normalized spacial score (nSPS) is 20.8. The van der Waals surface area contributed by atoms with Crippen LogP contribution in [0.2, 0.25) is 0 Å². The molecule has 0 spiro atoms. The van der Waals surface area contributed by atoms with Crippen molar-refractivity contribution in [2.45, 2.75) is 31.8 Å². The maximum absolute atomic E-state index is 12.2. The number of nitrogens with zero attached hydrogens (tertiary/aromatic N) is 6. The first kappa shape index (κ1) is 15.9. The van der Waals surface area contributed by atoms with Gasteiger partial charge in [-0.05, 0) is 19.4 Å². The number of carbonyl (C=O) groups is 1. The number of amides is 1. The van der Waals surface area contributed by atoms with Crippen molar-refractivity contribution in [2.75, 3.05) is 12.4 Å². The van der Waals surface area contributed by atoms with Crippen LogP contribution in [0.3, 0.4) is 0 Å². The van der Waals surface area contributed by atoms with E-state index in [4.69, 9.17) is 5.26 Å². The molecule has 0 unspecified atom stereocenters. The summed E-state index contributed by atoms with van der Waals surface area (Å²) in [6.07, 6.45) is 4.61. The molecule has 8 nitrogen and oxygen atoms in total. The van der Waals surface area contributed by atoms with Crippen molar-refractivity contribution in [3.63, 3.8) is 0 Å². The summed E-state index contributed by atoms with van der Waals surface area (Å²) in [4.78, 5) is 26.6. The fourth-order valence-corrected chi connectivity index (χ4v) is 3.10. The van der Waals surface area contributed by atoms with Gasteiger partial charge >= 0.3 is 0 Å². The zero-order valence-electron chi connectivity index (χ0n) is 13.9. The molecule has 2 aromatic heterocycles. The molecule has 0 aromatic carbocycles. The van der Waals surface area contributed by atoms with Gasteiger partial charge in [-0.25, -0.2) is 15.0 Å². The molecule has 0 saturated carbocycles. The molecule has 1 saturated heterocycles. The van der Waals surface area contributed by atoms with Crippen LogP contribution >= 0.6 is 0 Å². The lowest BCUT2D eigenvalue weighted by Gasteiger charge is -2.39. The third-order valence-electron chi connectivity index (χ3n) is 4.30. The van der Waals surface area contributed by atoms with Gasteiger partial charge in [-0.3, -0.25) is 4.79 Å². The van der Waals surface area contributed by atoms with E-state index in [1.165, 1.54) is 0 Å². The van der Waals surface area contributed by atoms with Gasteiger partial charge in [0.2, 0.25) is 11.9 Å². The van der Waals surface area contributed by atoms with Gasteiger partial charge in [0, 0.05) is 26.2 Å². The van der Waals surface area contributed by atoms with Gasteiger partial charge in [0.05, 0.1) is 30.3 Å². The summed E-state index contributed by atoms with van der Waals surface area (Å²) in [5.41, 5.74) is 1.99. The maximum atomic E-state index is 12.2.